The van der Waals surface area contributed by atoms with Gasteiger partial charge in [0.05, 0.1) is 0 Å². The molecule has 2 rings (SSSR count). The van der Waals surface area contributed by atoms with E-state index in [1.807, 2.05) is 0 Å². The van der Waals surface area contributed by atoms with E-state index in [1.165, 1.54) is 24.9 Å². The van der Waals surface area contributed by atoms with Gasteiger partial charge in [0.2, 0.25) is 0 Å². The second kappa shape index (κ2) is 8.40. The van der Waals surface area contributed by atoms with E-state index in [0.29, 0.717) is 6.04 Å². The van der Waals surface area contributed by atoms with Crippen LogP contribution in [0.5, 0.6) is 0 Å². The quantitative estimate of drug-likeness (QED) is 0.828. The highest BCUT2D eigenvalue weighted by Crippen LogP contribution is 2.18. The largest absolute Gasteiger partial charge is 0.381 e. The molecule has 1 N–H and O–H groups in total. The van der Waals surface area contributed by atoms with Crippen LogP contribution in [0, 0.1) is 5.92 Å². The van der Waals surface area contributed by atoms with Crippen molar-refractivity contribution in [3.05, 3.63) is 35.9 Å². The third kappa shape index (κ3) is 4.89. The first kappa shape index (κ1) is 15.5. The first-order valence-electron chi connectivity index (χ1n) is 7.78. The van der Waals surface area contributed by atoms with Crippen molar-refractivity contribution < 1.29 is 4.74 Å². The zero-order valence-electron chi connectivity index (χ0n) is 12.8. The molecule has 3 heteroatoms. The summed E-state index contributed by atoms with van der Waals surface area (Å²) in [7, 11) is 4.29. The normalized spacial score (nSPS) is 18.4. The number of benzene rings is 1. The van der Waals surface area contributed by atoms with Gasteiger partial charge < -0.3 is 15.0 Å². The van der Waals surface area contributed by atoms with E-state index >= 15 is 0 Å². The molecule has 0 radical (unpaired) electrons. The Bertz CT molecular complexity index is 363. The molecule has 112 valence electrons. The number of rotatable bonds is 7. The first-order chi connectivity index (χ1) is 9.79. The molecule has 1 aromatic rings. The number of nitrogens with one attached hydrogen (secondary N) is 1. The van der Waals surface area contributed by atoms with E-state index in [-0.39, 0.29) is 0 Å². The van der Waals surface area contributed by atoms with Crippen molar-refractivity contribution >= 4 is 0 Å². The van der Waals surface area contributed by atoms with E-state index in [0.717, 1.165) is 32.1 Å². The summed E-state index contributed by atoms with van der Waals surface area (Å²) in [6.45, 7) is 4.23. The smallest absolute Gasteiger partial charge is 0.0469 e. The first-order valence-corrected chi connectivity index (χ1v) is 7.78. The summed E-state index contributed by atoms with van der Waals surface area (Å²) in [6, 6.07) is 11.2. The Morgan fingerprint density at radius 2 is 1.95 bits per heavy atom. The van der Waals surface area contributed by atoms with Crippen LogP contribution in [0.15, 0.2) is 30.3 Å². The third-order valence-electron chi connectivity index (χ3n) is 4.26. The fourth-order valence-electron chi connectivity index (χ4n) is 2.97. The Morgan fingerprint density at radius 3 is 2.60 bits per heavy atom. The van der Waals surface area contributed by atoms with Crippen LogP contribution in [-0.2, 0) is 4.74 Å². The molecule has 1 atom stereocenters. The fourth-order valence-corrected chi connectivity index (χ4v) is 2.97. The van der Waals surface area contributed by atoms with E-state index in [9.17, 15) is 0 Å². The summed E-state index contributed by atoms with van der Waals surface area (Å²) < 4.78 is 5.43. The van der Waals surface area contributed by atoms with Crippen LogP contribution in [0.4, 0.5) is 0 Å². The van der Waals surface area contributed by atoms with Crippen molar-refractivity contribution in [1.29, 1.82) is 0 Å². The van der Waals surface area contributed by atoms with Crippen molar-refractivity contribution in [1.82, 2.24) is 10.2 Å². The van der Waals surface area contributed by atoms with Gasteiger partial charge >= 0.3 is 0 Å². The van der Waals surface area contributed by atoms with Crippen LogP contribution in [0.25, 0.3) is 0 Å². The molecule has 0 spiro atoms. The molecule has 1 aliphatic heterocycles. The zero-order valence-corrected chi connectivity index (χ0v) is 12.8. The lowest BCUT2D eigenvalue weighted by atomic mass is 9.99. The van der Waals surface area contributed by atoms with E-state index in [2.05, 4.69) is 54.6 Å². The summed E-state index contributed by atoms with van der Waals surface area (Å²) in [5, 5.41) is 3.43. The SMILES string of the molecule is CNC(CCN(C)CC1CCOCC1)c1ccccc1. The highest BCUT2D eigenvalue weighted by Gasteiger charge is 2.16. The molecule has 0 aromatic heterocycles. The molecule has 1 fully saturated rings. The molecule has 0 aliphatic carbocycles. The van der Waals surface area contributed by atoms with Crippen molar-refractivity contribution in [3.63, 3.8) is 0 Å². The van der Waals surface area contributed by atoms with Crippen molar-refractivity contribution in [3.8, 4) is 0 Å². The van der Waals surface area contributed by atoms with Gasteiger partial charge in [0.25, 0.3) is 0 Å². The molecule has 1 unspecified atom stereocenters. The van der Waals surface area contributed by atoms with Crippen LogP contribution in [-0.4, -0.2) is 45.3 Å². The monoisotopic (exact) mass is 276 g/mol. The maximum absolute atomic E-state index is 5.43. The molecule has 1 aliphatic rings. The van der Waals surface area contributed by atoms with Crippen molar-refractivity contribution in [2.24, 2.45) is 5.92 Å². The topological polar surface area (TPSA) is 24.5 Å². The maximum Gasteiger partial charge on any atom is 0.0469 e. The number of nitrogens with zero attached hydrogens (tertiary/aromatic N) is 1. The van der Waals surface area contributed by atoms with Crippen molar-refractivity contribution in [2.45, 2.75) is 25.3 Å². The number of hydrogen-bond acceptors (Lipinski definition) is 3. The van der Waals surface area contributed by atoms with E-state index in [1.54, 1.807) is 0 Å². The van der Waals surface area contributed by atoms with Gasteiger partial charge in [0.15, 0.2) is 0 Å². The maximum atomic E-state index is 5.43. The standard InChI is InChI=1S/C17H28N2O/c1-18-17(16-6-4-3-5-7-16)8-11-19(2)14-15-9-12-20-13-10-15/h3-7,15,17-18H,8-14H2,1-2H3. The summed E-state index contributed by atoms with van der Waals surface area (Å²) in [4.78, 5) is 2.48. The predicted molar refractivity (Wildman–Crippen MR) is 83.9 cm³/mol. The second-order valence-corrected chi connectivity index (χ2v) is 5.86. The summed E-state index contributed by atoms with van der Waals surface area (Å²) in [5.74, 6) is 0.818. The van der Waals surface area contributed by atoms with Crippen LogP contribution in [0.3, 0.4) is 0 Å². The number of ether oxygens (including phenoxy) is 1. The van der Waals surface area contributed by atoms with Gasteiger partial charge in [-0.05, 0) is 51.4 Å². The molecular formula is C17H28N2O. The Labute approximate surface area is 123 Å². The molecular weight excluding hydrogens is 248 g/mol. The minimum absolute atomic E-state index is 0.452. The zero-order chi connectivity index (χ0) is 14.2. The highest BCUT2D eigenvalue weighted by molar-refractivity contribution is 5.18. The average Bonchev–Trinajstić information content (AvgIpc) is 2.50. The minimum Gasteiger partial charge on any atom is -0.381 e. The fraction of sp³-hybridized carbons (Fsp3) is 0.647. The molecule has 1 saturated heterocycles. The predicted octanol–water partition coefficient (Wildman–Crippen LogP) is 2.70. The molecule has 0 bridgehead atoms. The Balaban J connectivity index is 1.75. The molecule has 3 nitrogen and oxygen atoms in total. The molecule has 0 saturated carbocycles. The molecule has 20 heavy (non-hydrogen) atoms. The van der Waals surface area contributed by atoms with Gasteiger partial charge in [0, 0.05) is 25.8 Å². The lowest BCUT2D eigenvalue weighted by Gasteiger charge is -2.28. The number of hydrogen-bond donors (Lipinski definition) is 1. The van der Waals surface area contributed by atoms with Crippen LogP contribution in [0.1, 0.15) is 30.9 Å². The second-order valence-electron chi connectivity index (χ2n) is 5.86. The molecule has 1 heterocycles. The Morgan fingerprint density at radius 1 is 1.25 bits per heavy atom. The van der Waals surface area contributed by atoms with Gasteiger partial charge in [-0.1, -0.05) is 30.3 Å². The highest BCUT2D eigenvalue weighted by atomic mass is 16.5. The van der Waals surface area contributed by atoms with Crippen LogP contribution >= 0.6 is 0 Å². The van der Waals surface area contributed by atoms with E-state index in [4.69, 9.17) is 4.74 Å². The third-order valence-corrected chi connectivity index (χ3v) is 4.26. The summed E-state index contributed by atoms with van der Waals surface area (Å²) in [5.41, 5.74) is 1.38. The van der Waals surface area contributed by atoms with Crippen LogP contribution < -0.4 is 5.32 Å². The van der Waals surface area contributed by atoms with Gasteiger partial charge in [0.1, 0.15) is 0 Å². The summed E-state index contributed by atoms with van der Waals surface area (Å²) in [6.07, 6.45) is 3.59. The van der Waals surface area contributed by atoms with Crippen molar-refractivity contribution in [2.75, 3.05) is 40.4 Å². The van der Waals surface area contributed by atoms with Gasteiger partial charge in [-0.25, -0.2) is 0 Å². The van der Waals surface area contributed by atoms with Gasteiger partial charge in [-0.3, -0.25) is 0 Å². The average molecular weight is 276 g/mol. The lowest BCUT2D eigenvalue weighted by Crippen LogP contribution is -2.32. The Kier molecular flexibility index (Phi) is 6.51. The summed E-state index contributed by atoms with van der Waals surface area (Å²) >= 11 is 0. The minimum atomic E-state index is 0.452. The lowest BCUT2D eigenvalue weighted by molar-refractivity contribution is 0.0553. The molecule has 1 aromatic carbocycles. The van der Waals surface area contributed by atoms with E-state index < -0.39 is 0 Å². The van der Waals surface area contributed by atoms with Gasteiger partial charge in [-0.2, -0.15) is 0 Å². The Hall–Kier alpha value is -0.900. The van der Waals surface area contributed by atoms with Gasteiger partial charge in [-0.15, -0.1) is 0 Å². The molecule has 0 amide bonds. The van der Waals surface area contributed by atoms with Crippen LogP contribution in [0.2, 0.25) is 0 Å².